The molecule has 1 aromatic carbocycles. The summed E-state index contributed by atoms with van der Waals surface area (Å²) in [5, 5.41) is 13.5. The number of phenolic OH excluding ortho intramolecular Hbond substituents is 1. The first kappa shape index (κ1) is 17.3. The Morgan fingerprint density at radius 1 is 1.15 bits per heavy atom. The van der Waals surface area contributed by atoms with Crippen LogP contribution in [0, 0.1) is 0 Å². The van der Waals surface area contributed by atoms with Gasteiger partial charge in [0.25, 0.3) is 0 Å². The van der Waals surface area contributed by atoms with E-state index >= 15 is 0 Å². The summed E-state index contributed by atoms with van der Waals surface area (Å²) in [6.45, 7) is 3.62. The van der Waals surface area contributed by atoms with Crippen LogP contribution in [0.1, 0.15) is 16.7 Å². The molecule has 3 heterocycles. The van der Waals surface area contributed by atoms with E-state index in [-0.39, 0.29) is 0 Å². The third-order valence-electron chi connectivity index (χ3n) is 4.60. The molecular formula is C21H22N4O2. The van der Waals surface area contributed by atoms with Crippen molar-refractivity contribution in [3.63, 3.8) is 0 Å². The minimum absolute atomic E-state index is 0.338. The molecule has 4 rings (SSSR count). The number of aromatic nitrogens is 2. The Hall–Kier alpha value is -3.12. The molecule has 0 fully saturated rings. The van der Waals surface area contributed by atoms with Crippen LogP contribution in [-0.4, -0.2) is 33.1 Å². The number of benzene rings is 1. The van der Waals surface area contributed by atoms with Gasteiger partial charge in [-0.25, -0.2) is 4.98 Å². The lowest BCUT2D eigenvalue weighted by Gasteiger charge is -2.20. The van der Waals surface area contributed by atoms with Crippen LogP contribution in [0.4, 0.5) is 5.69 Å². The van der Waals surface area contributed by atoms with Crippen molar-refractivity contribution < 1.29 is 9.84 Å². The van der Waals surface area contributed by atoms with Gasteiger partial charge < -0.3 is 15.2 Å². The molecule has 0 atom stereocenters. The molecule has 1 aliphatic heterocycles. The van der Waals surface area contributed by atoms with E-state index in [4.69, 9.17) is 4.74 Å². The number of hydrogen-bond donors (Lipinski definition) is 2. The minimum Gasteiger partial charge on any atom is -0.508 e. The number of nitrogens with zero attached hydrogens (tertiary/aromatic N) is 3. The van der Waals surface area contributed by atoms with Gasteiger partial charge in [-0.15, -0.1) is 0 Å². The minimum atomic E-state index is 0.338. The summed E-state index contributed by atoms with van der Waals surface area (Å²) in [5.41, 5.74) is 4.11. The Labute approximate surface area is 158 Å². The highest BCUT2D eigenvalue weighted by atomic mass is 16.5. The highest BCUT2D eigenvalue weighted by Gasteiger charge is 2.16. The Bertz CT molecular complexity index is 902. The molecule has 0 bridgehead atoms. The zero-order valence-electron chi connectivity index (χ0n) is 15.0. The van der Waals surface area contributed by atoms with Crippen LogP contribution >= 0.6 is 0 Å². The topological polar surface area (TPSA) is 70.5 Å². The van der Waals surface area contributed by atoms with E-state index < -0.39 is 0 Å². The van der Waals surface area contributed by atoms with Crippen molar-refractivity contribution in [2.24, 2.45) is 0 Å². The normalized spacial score (nSPS) is 14.1. The number of rotatable bonds is 5. The van der Waals surface area contributed by atoms with Crippen molar-refractivity contribution in [2.75, 3.05) is 18.4 Å². The Morgan fingerprint density at radius 2 is 2.07 bits per heavy atom. The number of phenols is 1. The molecule has 0 aliphatic carbocycles. The second-order valence-corrected chi connectivity index (χ2v) is 6.60. The maximum absolute atomic E-state index is 10.1. The van der Waals surface area contributed by atoms with Gasteiger partial charge in [0, 0.05) is 55.8 Å². The fraction of sp³-hybridized carbons (Fsp3) is 0.238. The molecule has 6 nitrogen and oxygen atoms in total. The number of nitrogens with one attached hydrogen (secondary N) is 1. The lowest BCUT2D eigenvalue weighted by Crippen LogP contribution is -2.25. The molecule has 0 unspecified atom stereocenters. The molecule has 6 heteroatoms. The Kier molecular flexibility index (Phi) is 5.16. The molecule has 0 saturated heterocycles. The van der Waals surface area contributed by atoms with Gasteiger partial charge in [0.15, 0.2) is 0 Å². The van der Waals surface area contributed by atoms with Crippen molar-refractivity contribution in [1.82, 2.24) is 14.9 Å². The Morgan fingerprint density at radius 3 is 2.93 bits per heavy atom. The maximum atomic E-state index is 10.1. The molecule has 2 N–H and O–H groups in total. The summed E-state index contributed by atoms with van der Waals surface area (Å²) < 4.78 is 5.83. The molecule has 0 radical (unpaired) electrons. The monoisotopic (exact) mass is 362 g/mol. The van der Waals surface area contributed by atoms with Crippen LogP contribution in [0.3, 0.4) is 0 Å². The molecule has 138 valence electrons. The summed E-state index contributed by atoms with van der Waals surface area (Å²) >= 11 is 0. The van der Waals surface area contributed by atoms with E-state index in [0.29, 0.717) is 24.8 Å². The fourth-order valence-electron chi connectivity index (χ4n) is 3.17. The van der Waals surface area contributed by atoms with Crippen molar-refractivity contribution in [3.05, 3.63) is 77.7 Å². The fourth-order valence-corrected chi connectivity index (χ4v) is 3.17. The van der Waals surface area contributed by atoms with Crippen molar-refractivity contribution in [2.45, 2.75) is 19.7 Å². The summed E-state index contributed by atoms with van der Waals surface area (Å²) in [6.07, 6.45) is 5.37. The molecule has 2 aromatic heterocycles. The Balaban J connectivity index is 1.47. The molecule has 27 heavy (non-hydrogen) atoms. The molecule has 3 aromatic rings. The van der Waals surface area contributed by atoms with Crippen molar-refractivity contribution in [1.29, 1.82) is 0 Å². The average molecular weight is 362 g/mol. The lowest BCUT2D eigenvalue weighted by molar-refractivity contribution is 0.265. The van der Waals surface area contributed by atoms with E-state index in [1.165, 1.54) is 0 Å². The first-order valence-electron chi connectivity index (χ1n) is 9.01. The highest BCUT2D eigenvalue weighted by molar-refractivity contribution is 5.51. The lowest BCUT2D eigenvalue weighted by atomic mass is 10.1. The number of hydrogen-bond acceptors (Lipinski definition) is 6. The van der Waals surface area contributed by atoms with Crippen LogP contribution in [0.25, 0.3) is 0 Å². The number of ether oxygens (including phenoxy) is 1. The van der Waals surface area contributed by atoms with Gasteiger partial charge in [0.2, 0.25) is 5.88 Å². The zero-order chi connectivity index (χ0) is 18.5. The van der Waals surface area contributed by atoms with Gasteiger partial charge in [0.05, 0.1) is 11.9 Å². The number of anilines is 1. The predicted octanol–water partition coefficient (Wildman–Crippen LogP) is 3.19. The predicted molar refractivity (Wildman–Crippen MR) is 104 cm³/mol. The summed E-state index contributed by atoms with van der Waals surface area (Å²) in [7, 11) is 0. The van der Waals surface area contributed by atoms with E-state index in [2.05, 4.69) is 20.2 Å². The van der Waals surface area contributed by atoms with Crippen molar-refractivity contribution in [3.8, 4) is 11.6 Å². The van der Waals surface area contributed by atoms with E-state index in [9.17, 15) is 5.11 Å². The highest BCUT2D eigenvalue weighted by Crippen LogP contribution is 2.26. The van der Waals surface area contributed by atoms with Crippen LogP contribution in [-0.2, 0) is 19.7 Å². The van der Waals surface area contributed by atoms with Gasteiger partial charge in [-0.3, -0.25) is 9.88 Å². The smallest absolute Gasteiger partial charge is 0.213 e. The summed E-state index contributed by atoms with van der Waals surface area (Å²) in [4.78, 5) is 10.8. The first-order valence-corrected chi connectivity index (χ1v) is 9.01. The van der Waals surface area contributed by atoms with E-state index in [1.54, 1.807) is 18.5 Å². The van der Waals surface area contributed by atoms with Gasteiger partial charge in [-0.05, 0) is 17.7 Å². The largest absolute Gasteiger partial charge is 0.508 e. The van der Waals surface area contributed by atoms with Gasteiger partial charge in [-0.2, -0.15) is 0 Å². The van der Waals surface area contributed by atoms with Crippen LogP contribution in [0.2, 0.25) is 0 Å². The maximum Gasteiger partial charge on any atom is 0.213 e. The van der Waals surface area contributed by atoms with Crippen LogP contribution in [0.15, 0.2) is 61.1 Å². The second kappa shape index (κ2) is 8.05. The van der Waals surface area contributed by atoms with Crippen molar-refractivity contribution >= 4 is 5.69 Å². The standard InChI is InChI=1S/C21H22N4O2/c26-20-6-2-1-5-17(20)13-25-9-8-23-19-12-24-21(10-18(19)14-25)27-15-16-4-3-7-22-11-16/h1-7,10-12,23,26H,8-9,13-15H2. The quantitative estimate of drug-likeness (QED) is 0.726. The zero-order valence-corrected chi connectivity index (χ0v) is 15.0. The van der Waals surface area contributed by atoms with Gasteiger partial charge >= 0.3 is 0 Å². The average Bonchev–Trinajstić information content (AvgIpc) is 2.90. The van der Waals surface area contributed by atoms with Gasteiger partial charge in [0.1, 0.15) is 12.4 Å². The molecule has 0 saturated carbocycles. The summed E-state index contributed by atoms with van der Waals surface area (Å²) in [6, 6.07) is 13.3. The van der Waals surface area contributed by atoms with Crippen LogP contribution < -0.4 is 10.1 Å². The molecular weight excluding hydrogens is 340 g/mol. The first-order chi connectivity index (χ1) is 13.3. The number of pyridine rings is 2. The SMILES string of the molecule is Oc1ccccc1CN1CCNc2cnc(OCc3cccnc3)cc2C1. The van der Waals surface area contributed by atoms with E-state index in [0.717, 1.165) is 42.0 Å². The van der Waals surface area contributed by atoms with Crippen LogP contribution in [0.5, 0.6) is 11.6 Å². The molecule has 0 spiro atoms. The third kappa shape index (κ3) is 4.35. The number of para-hydroxylation sites is 1. The number of fused-ring (bicyclic) bond motifs is 1. The number of aromatic hydroxyl groups is 1. The third-order valence-corrected chi connectivity index (χ3v) is 4.60. The molecule has 1 aliphatic rings. The van der Waals surface area contributed by atoms with E-state index in [1.807, 2.05) is 42.6 Å². The second-order valence-electron chi connectivity index (χ2n) is 6.60. The van der Waals surface area contributed by atoms with Gasteiger partial charge in [-0.1, -0.05) is 24.3 Å². The molecule has 0 amide bonds. The summed E-state index contributed by atoms with van der Waals surface area (Å²) in [5.74, 6) is 0.939.